The number of carbonyl (C=O) groups excluding carboxylic acids is 1. The Balaban J connectivity index is 1.76. The number of carbonyl (C=O) groups is 1. The van der Waals surface area contributed by atoms with E-state index in [9.17, 15) is 9.35 Å². The summed E-state index contributed by atoms with van der Waals surface area (Å²) in [6.45, 7) is 6.00. The first-order valence-corrected chi connectivity index (χ1v) is 11.0. The highest BCUT2D eigenvalue weighted by molar-refractivity contribution is 7.90. The van der Waals surface area contributed by atoms with Gasteiger partial charge in [-0.15, -0.1) is 4.72 Å². The summed E-state index contributed by atoms with van der Waals surface area (Å²) in [5.74, 6) is 0.398. The maximum Gasteiger partial charge on any atom is 0.409 e. The van der Waals surface area contributed by atoms with Gasteiger partial charge in [-0.3, -0.25) is 0 Å². The third-order valence-electron chi connectivity index (χ3n) is 5.84. The fourth-order valence-electron chi connectivity index (χ4n) is 4.44. The highest BCUT2D eigenvalue weighted by Crippen LogP contribution is 2.41. The highest BCUT2D eigenvalue weighted by Gasteiger charge is 2.46. The minimum Gasteiger partial charge on any atom is -0.598 e. The number of hydrogen-bond acceptors (Lipinski definition) is 4. The summed E-state index contributed by atoms with van der Waals surface area (Å²) in [5.41, 5.74) is 1.25. The SMILES string of the molecule is COC(=O)N1[C@@H]2CC[C@H]1C[C@H]([C@@H](Cc1ccccc1)N[S@@+]([O-])C(C)(C)C)C2. The first-order valence-electron chi connectivity index (χ1n) is 9.88. The van der Waals surface area contributed by atoms with Crippen molar-refractivity contribution >= 4 is 17.5 Å². The van der Waals surface area contributed by atoms with E-state index in [0.29, 0.717) is 5.92 Å². The van der Waals surface area contributed by atoms with E-state index < -0.39 is 11.4 Å². The lowest BCUT2D eigenvalue weighted by Gasteiger charge is -2.41. The van der Waals surface area contributed by atoms with E-state index in [1.807, 2.05) is 31.7 Å². The van der Waals surface area contributed by atoms with Gasteiger partial charge in [0.1, 0.15) is 4.75 Å². The van der Waals surface area contributed by atoms with Crippen molar-refractivity contribution in [2.24, 2.45) is 5.92 Å². The number of piperidine rings is 1. The van der Waals surface area contributed by atoms with Crippen LogP contribution in [-0.2, 0) is 22.5 Å². The molecule has 5 atom stereocenters. The van der Waals surface area contributed by atoms with Crippen LogP contribution in [0.25, 0.3) is 0 Å². The zero-order valence-corrected chi connectivity index (χ0v) is 17.6. The van der Waals surface area contributed by atoms with Gasteiger partial charge in [0, 0.05) is 23.4 Å². The molecular weight excluding hydrogens is 360 g/mol. The number of benzene rings is 1. The Morgan fingerprint density at radius 3 is 2.37 bits per heavy atom. The largest absolute Gasteiger partial charge is 0.598 e. The third kappa shape index (κ3) is 4.79. The van der Waals surface area contributed by atoms with E-state index in [-0.39, 0.29) is 29.0 Å². The number of nitrogens with zero attached hydrogens (tertiary/aromatic N) is 1. The Hall–Kier alpha value is -1.24. The summed E-state index contributed by atoms with van der Waals surface area (Å²) in [7, 11) is 1.46. The fourth-order valence-corrected chi connectivity index (χ4v) is 5.34. The van der Waals surface area contributed by atoms with Gasteiger partial charge < -0.3 is 14.2 Å². The number of nitrogens with one attached hydrogen (secondary N) is 1. The van der Waals surface area contributed by atoms with Gasteiger partial charge in [0.2, 0.25) is 0 Å². The van der Waals surface area contributed by atoms with Crippen LogP contribution in [0, 0.1) is 5.92 Å². The molecule has 5 nitrogen and oxygen atoms in total. The summed E-state index contributed by atoms with van der Waals surface area (Å²) in [6.07, 6.45) is 4.61. The van der Waals surface area contributed by atoms with Gasteiger partial charge in [0.15, 0.2) is 0 Å². The molecule has 2 aliphatic heterocycles. The van der Waals surface area contributed by atoms with Crippen LogP contribution in [0.5, 0.6) is 0 Å². The average Bonchev–Trinajstić information content (AvgIpc) is 2.90. The van der Waals surface area contributed by atoms with Crippen LogP contribution in [-0.4, -0.2) is 45.5 Å². The fraction of sp³-hybridized carbons (Fsp3) is 0.667. The Bertz CT molecular complexity index is 620. The monoisotopic (exact) mass is 392 g/mol. The van der Waals surface area contributed by atoms with Gasteiger partial charge in [0.25, 0.3) is 0 Å². The maximum atomic E-state index is 12.8. The average molecular weight is 393 g/mol. The van der Waals surface area contributed by atoms with Gasteiger partial charge in [0.05, 0.1) is 13.2 Å². The molecular formula is C21H32N2O3S. The molecule has 0 saturated carbocycles. The molecule has 0 aromatic heterocycles. The Kier molecular flexibility index (Phi) is 6.39. The molecule has 1 aromatic rings. The molecule has 3 rings (SSSR count). The van der Waals surface area contributed by atoms with E-state index >= 15 is 0 Å². The molecule has 150 valence electrons. The predicted molar refractivity (Wildman–Crippen MR) is 109 cm³/mol. The molecule has 1 amide bonds. The molecule has 1 N–H and O–H groups in total. The standard InChI is InChI=1S/C21H32N2O3S/c1-21(2,3)27(25)22-19(12-15-8-6-5-7-9-15)16-13-17-10-11-18(14-16)23(17)20(24)26-4/h5-9,16-19,22H,10-14H2,1-4H3/t16-,17-,18+,19-,27+/m1/s1. The third-order valence-corrected chi connectivity index (χ3v) is 7.47. The molecule has 0 spiro atoms. The number of ether oxygens (including phenoxy) is 1. The van der Waals surface area contributed by atoms with E-state index in [2.05, 4.69) is 29.0 Å². The number of hydrogen-bond donors (Lipinski definition) is 1. The predicted octanol–water partition coefficient (Wildman–Crippen LogP) is 3.66. The molecule has 0 unspecified atom stereocenters. The van der Waals surface area contributed by atoms with Crippen LogP contribution < -0.4 is 4.72 Å². The molecule has 2 heterocycles. The first kappa shape index (κ1) is 20.5. The van der Waals surface area contributed by atoms with Crippen molar-refractivity contribution in [1.82, 2.24) is 9.62 Å². The Labute approximate surface area is 166 Å². The van der Waals surface area contributed by atoms with Gasteiger partial charge in [-0.25, -0.2) is 4.79 Å². The first-order chi connectivity index (χ1) is 12.8. The van der Waals surface area contributed by atoms with Gasteiger partial charge in [-0.1, -0.05) is 30.3 Å². The molecule has 0 radical (unpaired) electrons. The van der Waals surface area contributed by atoms with Crippen LogP contribution >= 0.6 is 0 Å². The molecule has 2 aliphatic rings. The molecule has 2 fully saturated rings. The van der Waals surface area contributed by atoms with Crippen LogP contribution in [0.15, 0.2) is 30.3 Å². The van der Waals surface area contributed by atoms with E-state index in [1.165, 1.54) is 12.7 Å². The van der Waals surface area contributed by atoms with Crippen molar-refractivity contribution in [3.05, 3.63) is 35.9 Å². The lowest BCUT2D eigenvalue weighted by Crippen LogP contribution is -2.54. The zero-order valence-electron chi connectivity index (χ0n) is 16.8. The van der Waals surface area contributed by atoms with Crippen molar-refractivity contribution in [2.75, 3.05) is 7.11 Å². The summed E-state index contributed by atoms with van der Waals surface area (Å²) < 4.78 is 20.9. The van der Waals surface area contributed by atoms with Crippen LogP contribution in [0.2, 0.25) is 0 Å². The van der Waals surface area contributed by atoms with Crippen LogP contribution in [0.4, 0.5) is 4.79 Å². The topological polar surface area (TPSA) is 64.6 Å². The van der Waals surface area contributed by atoms with Crippen molar-refractivity contribution in [1.29, 1.82) is 0 Å². The molecule has 27 heavy (non-hydrogen) atoms. The summed E-state index contributed by atoms with van der Waals surface area (Å²) in [4.78, 5) is 14.1. The number of rotatable bonds is 5. The number of fused-ring (bicyclic) bond motifs is 2. The second-order valence-corrected chi connectivity index (χ2v) is 10.8. The molecule has 1 aromatic carbocycles. The Morgan fingerprint density at radius 2 is 1.85 bits per heavy atom. The van der Waals surface area contributed by atoms with E-state index in [1.54, 1.807) is 0 Å². The van der Waals surface area contributed by atoms with Crippen LogP contribution in [0.3, 0.4) is 0 Å². The van der Waals surface area contributed by atoms with Crippen molar-refractivity contribution in [3.63, 3.8) is 0 Å². The minimum atomic E-state index is -1.12. The molecule has 0 aliphatic carbocycles. The van der Waals surface area contributed by atoms with E-state index in [0.717, 1.165) is 32.1 Å². The van der Waals surface area contributed by atoms with Crippen molar-refractivity contribution < 1.29 is 14.1 Å². The summed E-state index contributed by atoms with van der Waals surface area (Å²) in [5, 5.41) is 0. The summed E-state index contributed by atoms with van der Waals surface area (Å²) >= 11 is -1.12. The highest BCUT2D eigenvalue weighted by atomic mass is 32.2. The summed E-state index contributed by atoms with van der Waals surface area (Å²) in [6, 6.07) is 11.0. The molecule has 2 bridgehead atoms. The molecule has 2 saturated heterocycles. The lowest BCUT2D eigenvalue weighted by molar-refractivity contribution is 0.0650. The lowest BCUT2D eigenvalue weighted by atomic mass is 9.83. The van der Waals surface area contributed by atoms with Gasteiger partial charge in [-0.05, 0) is 64.4 Å². The van der Waals surface area contributed by atoms with Crippen LogP contribution in [0.1, 0.15) is 52.0 Å². The van der Waals surface area contributed by atoms with Gasteiger partial charge >= 0.3 is 6.09 Å². The normalized spacial score (nSPS) is 27.3. The van der Waals surface area contributed by atoms with Gasteiger partial charge in [-0.2, -0.15) is 0 Å². The van der Waals surface area contributed by atoms with Crippen molar-refractivity contribution in [3.8, 4) is 0 Å². The number of methoxy groups -OCH3 is 1. The number of amides is 1. The Morgan fingerprint density at radius 1 is 1.26 bits per heavy atom. The molecule has 6 heteroatoms. The quantitative estimate of drug-likeness (QED) is 0.777. The zero-order chi connectivity index (χ0) is 19.6. The van der Waals surface area contributed by atoms with E-state index in [4.69, 9.17) is 4.74 Å². The van der Waals surface area contributed by atoms with Crippen molar-refractivity contribution in [2.45, 2.75) is 75.7 Å². The minimum absolute atomic E-state index is 0.135. The smallest absolute Gasteiger partial charge is 0.409 e. The second-order valence-electron chi connectivity index (χ2n) is 8.79. The second kappa shape index (κ2) is 8.41. The maximum absolute atomic E-state index is 12.8.